The Morgan fingerprint density at radius 1 is 0.966 bits per heavy atom. The average molecular weight is 473 g/mol. The van der Waals surface area contributed by atoms with E-state index < -0.39 is 11.9 Å². The molecular formula is C21H17BrN2O4S. The second-order valence-corrected chi connectivity index (χ2v) is 7.98. The molecule has 0 saturated carbocycles. The van der Waals surface area contributed by atoms with Crippen LogP contribution >= 0.6 is 27.3 Å². The van der Waals surface area contributed by atoms with Crippen LogP contribution in [0.15, 0.2) is 64.5 Å². The first-order chi connectivity index (χ1) is 13.9. The van der Waals surface area contributed by atoms with Gasteiger partial charge in [-0.15, -0.1) is 11.3 Å². The van der Waals surface area contributed by atoms with E-state index in [1.165, 1.54) is 11.3 Å². The SMILES string of the molecule is NC(=O)c1ccc(COC(=O)c2sccc2NC(=O)Cc2ccc(Br)cc2)cc1. The van der Waals surface area contributed by atoms with Gasteiger partial charge in [-0.1, -0.05) is 40.2 Å². The van der Waals surface area contributed by atoms with Crippen LogP contribution in [-0.2, 0) is 22.6 Å². The Morgan fingerprint density at radius 2 is 1.62 bits per heavy atom. The normalized spacial score (nSPS) is 10.4. The molecule has 2 amide bonds. The molecule has 0 atom stereocenters. The van der Waals surface area contributed by atoms with Crippen molar-refractivity contribution in [3.8, 4) is 0 Å². The van der Waals surface area contributed by atoms with E-state index in [1.54, 1.807) is 35.7 Å². The maximum atomic E-state index is 12.4. The van der Waals surface area contributed by atoms with Crippen molar-refractivity contribution in [3.63, 3.8) is 0 Å². The van der Waals surface area contributed by atoms with Gasteiger partial charge in [0.1, 0.15) is 11.5 Å². The summed E-state index contributed by atoms with van der Waals surface area (Å²) in [5, 5.41) is 4.48. The van der Waals surface area contributed by atoms with E-state index in [1.807, 2.05) is 24.3 Å². The molecule has 0 aliphatic rings. The highest BCUT2D eigenvalue weighted by atomic mass is 79.9. The number of hydrogen-bond acceptors (Lipinski definition) is 5. The van der Waals surface area contributed by atoms with Crippen LogP contribution < -0.4 is 11.1 Å². The van der Waals surface area contributed by atoms with E-state index in [0.717, 1.165) is 15.6 Å². The van der Waals surface area contributed by atoms with Gasteiger partial charge < -0.3 is 15.8 Å². The molecule has 148 valence electrons. The molecule has 0 saturated heterocycles. The van der Waals surface area contributed by atoms with Crippen molar-refractivity contribution in [2.45, 2.75) is 13.0 Å². The highest BCUT2D eigenvalue weighted by Crippen LogP contribution is 2.24. The summed E-state index contributed by atoms with van der Waals surface area (Å²) in [4.78, 5) is 36.1. The Hall–Kier alpha value is -2.97. The number of nitrogens with one attached hydrogen (secondary N) is 1. The number of anilines is 1. The van der Waals surface area contributed by atoms with Gasteiger partial charge in [-0.25, -0.2) is 4.79 Å². The number of carbonyl (C=O) groups is 3. The first-order valence-electron chi connectivity index (χ1n) is 8.60. The molecule has 0 spiro atoms. The van der Waals surface area contributed by atoms with Crippen LogP contribution in [0.3, 0.4) is 0 Å². The first-order valence-corrected chi connectivity index (χ1v) is 10.3. The highest BCUT2D eigenvalue weighted by Gasteiger charge is 2.17. The van der Waals surface area contributed by atoms with Crippen LogP contribution in [0.4, 0.5) is 5.69 Å². The lowest BCUT2D eigenvalue weighted by molar-refractivity contribution is -0.115. The number of nitrogens with two attached hydrogens (primary N) is 1. The molecule has 2 aromatic carbocycles. The van der Waals surface area contributed by atoms with Crippen molar-refractivity contribution in [3.05, 3.63) is 86.0 Å². The van der Waals surface area contributed by atoms with Crippen LogP contribution in [0.25, 0.3) is 0 Å². The van der Waals surface area contributed by atoms with Gasteiger partial charge in [-0.3, -0.25) is 9.59 Å². The summed E-state index contributed by atoms with van der Waals surface area (Å²) in [6, 6.07) is 15.6. The topological polar surface area (TPSA) is 98.5 Å². The predicted octanol–water partition coefficient (Wildman–Crippen LogP) is 4.15. The van der Waals surface area contributed by atoms with Crippen molar-refractivity contribution in [2.24, 2.45) is 5.73 Å². The van der Waals surface area contributed by atoms with Gasteiger partial charge in [0.25, 0.3) is 0 Å². The van der Waals surface area contributed by atoms with Gasteiger partial charge in [0, 0.05) is 10.0 Å². The molecule has 0 unspecified atom stereocenters. The van der Waals surface area contributed by atoms with Crippen molar-refractivity contribution >= 4 is 50.7 Å². The quantitative estimate of drug-likeness (QED) is 0.504. The zero-order chi connectivity index (χ0) is 20.8. The fourth-order valence-corrected chi connectivity index (χ4v) is 3.53. The Kier molecular flexibility index (Phi) is 6.79. The van der Waals surface area contributed by atoms with E-state index in [2.05, 4.69) is 21.2 Å². The lowest BCUT2D eigenvalue weighted by Crippen LogP contribution is -2.16. The number of primary amides is 1. The van der Waals surface area contributed by atoms with Crippen molar-refractivity contribution in [2.75, 3.05) is 5.32 Å². The lowest BCUT2D eigenvalue weighted by Gasteiger charge is -2.08. The fourth-order valence-electron chi connectivity index (χ4n) is 2.53. The predicted molar refractivity (Wildman–Crippen MR) is 115 cm³/mol. The summed E-state index contributed by atoms with van der Waals surface area (Å²) in [7, 11) is 0. The second kappa shape index (κ2) is 9.49. The van der Waals surface area contributed by atoms with Gasteiger partial charge >= 0.3 is 5.97 Å². The molecule has 0 aliphatic carbocycles. The number of esters is 1. The monoisotopic (exact) mass is 472 g/mol. The van der Waals surface area contributed by atoms with E-state index in [-0.39, 0.29) is 18.9 Å². The van der Waals surface area contributed by atoms with Crippen molar-refractivity contribution in [1.29, 1.82) is 0 Å². The second-order valence-electron chi connectivity index (χ2n) is 6.15. The number of rotatable bonds is 7. The van der Waals surface area contributed by atoms with E-state index in [0.29, 0.717) is 16.1 Å². The summed E-state index contributed by atoms with van der Waals surface area (Å²) in [5.41, 5.74) is 7.60. The largest absolute Gasteiger partial charge is 0.457 e. The number of benzene rings is 2. The van der Waals surface area contributed by atoms with Gasteiger partial charge in [-0.2, -0.15) is 0 Å². The van der Waals surface area contributed by atoms with Crippen LogP contribution in [0.1, 0.15) is 31.2 Å². The summed E-state index contributed by atoms with van der Waals surface area (Å²) < 4.78 is 6.26. The van der Waals surface area contributed by atoms with E-state index in [4.69, 9.17) is 10.5 Å². The molecule has 8 heteroatoms. The maximum absolute atomic E-state index is 12.4. The standard InChI is InChI=1S/C21H17BrN2O4S/c22-16-7-3-13(4-8-16)11-18(25)24-17-9-10-29-19(17)21(27)28-12-14-1-5-15(6-2-14)20(23)26/h1-10H,11-12H2,(H2,23,26)(H,24,25). The third kappa shape index (κ3) is 5.75. The molecule has 0 fully saturated rings. The zero-order valence-electron chi connectivity index (χ0n) is 15.2. The molecule has 3 aromatic rings. The van der Waals surface area contributed by atoms with Crippen LogP contribution in [-0.4, -0.2) is 17.8 Å². The number of thiophene rings is 1. The summed E-state index contributed by atoms with van der Waals surface area (Å²) >= 11 is 4.55. The third-order valence-electron chi connectivity index (χ3n) is 4.01. The maximum Gasteiger partial charge on any atom is 0.350 e. The Labute approximate surface area is 179 Å². The van der Waals surface area contributed by atoms with Crippen LogP contribution in [0.2, 0.25) is 0 Å². The first kappa shape index (κ1) is 20.8. The number of halogens is 1. The molecule has 1 aromatic heterocycles. The van der Waals surface area contributed by atoms with Crippen molar-refractivity contribution in [1.82, 2.24) is 0 Å². The van der Waals surface area contributed by atoms with Crippen molar-refractivity contribution < 1.29 is 19.1 Å². The number of ether oxygens (including phenoxy) is 1. The lowest BCUT2D eigenvalue weighted by atomic mass is 10.1. The smallest absolute Gasteiger partial charge is 0.350 e. The number of carbonyl (C=O) groups excluding carboxylic acids is 3. The van der Waals surface area contributed by atoms with Gasteiger partial charge in [0.05, 0.1) is 12.1 Å². The summed E-state index contributed by atoms with van der Waals surface area (Å²) in [6.45, 7) is 0.0437. The molecule has 29 heavy (non-hydrogen) atoms. The Bertz CT molecular complexity index is 1030. The van der Waals surface area contributed by atoms with Gasteiger partial charge in [0.15, 0.2) is 0 Å². The van der Waals surface area contributed by atoms with Crippen LogP contribution in [0.5, 0.6) is 0 Å². The third-order valence-corrected chi connectivity index (χ3v) is 5.43. The molecule has 3 rings (SSSR count). The summed E-state index contributed by atoms with van der Waals surface area (Å²) in [5.74, 6) is -1.27. The van der Waals surface area contributed by atoms with Gasteiger partial charge in [-0.05, 0) is 46.8 Å². The molecule has 0 bridgehead atoms. The minimum absolute atomic E-state index is 0.0437. The molecule has 1 heterocycles. The van der Waals surface area contributed by atoms with E-state index in [9.17, 15) is 14.4 Å². The zero-order valence-corrected chi connectivity index (χ0v) is 17.6. The number of hydrogen-bond donors (Lipinski definition) is 2. The molecule has 0 radical (unpaired) electrons. The Balaban J connectivity index is 1.58. The van der Waals surface area contributed by atoms with Crippen LogP contribution in [0, 0.1) is 0 Å². The molecule has 3 N–H and O–H groups in total. The highest BCUT2D eigenvalue weighted by molar-refractivity contribution is 9.10. The molecule has 6 nitrogen and oxygen atoms in total. The fraction of sp³-hybridized carbons (Fsp3) is 0.0952. The molecular weight excluding hydrogens is 456 g/mol. The minimum Gasteiger partial charge on any atom is -0.457 e. The van der Waals surface area contributed by atoms with Gasteiger partial charge in [0.2, 0.25) is 11.8 Å². The minimum atomic E-state index is -0.530. The number of amides is 2. The summed E-state index contributed by atoms with van der Waals surface area (Å²) in [6.07, 6.45) is 0.198. The van der Waals surface area contributed by atoms with E-state index >= 15 is 0 Å². The average Bonchev–Trinajstić information content (AvgIpc) is 3.16. The Morgan fingerprint density at radius 3 is 2.28 bits per heavy atom. The molecule has 0 aliphatic heterocycles.